The summed E-state index contributed by atoms with van der Waals surface area (Å²) in [4.78, 5) is 14.7. The third-order valence-electron chi connectivity index (χ3n) is 5.95. The van der Waals surface area contributed by atoms with Crippen LogP contribution in [-0.2, 0) is 35.9 Å². The number of anilines is 1. The molecule has 1 aromatic carbocycles. The minimum Gasteiger partial charge on any atom is -0.307 e. The van der Waals surface area contributed by atoms with Crippen molar-refractivity contribution >= 4 is 73.3 Å². The molecule has 0 spiro atoms. The van der Waals surface area contributed by atoms with Gasteiger partial charge in [-0.15, -0.1) is 0 Å². The number of urea groups is 1. The minimum atomic E-state index is -3.83. The number of hydrogen-bond acceptors (Lipinski definition) is 4. The zero-order valence-corrected chi connectivity index (χ0v) is 20.8. The number of carbonyl (C=O) groups is 1. The van der Waals surface area contributed by atoms with Gasteiger partial charge >= 0.3 is 16.2 Å². The van der Waals surface area contributed by atoms with E-state index in [1.165, 1.54) is 26.6 Å². The van der Waals surface area contributed by atoms with Crippen molar-refractivity contribution in [2.45, 2.75) is 44.9 Å². The topological polar surface area (TPSA) is 81.8 Å². The second-order valence-electron chi connectivity index (χ2n) is 7.85. The zero-order chi connectivity index (χ0) is 19.0. The number of nitrogens with zero attached hydrogens (tertiary/aromatic N) is 2. The molecular formula is C19H28KN4O3S. The van der Waals surface area contributed by atoms with E-state index in [0.717, 1.165) is 57.2 Å². The standard InChI is InChI=1S/C19H28N4O3S.K/c1-22-9-4-10-23(12-11-22)27(25,26)21-19(24)20-18-16-7-2-5-14(16)13-15-6-3-8-17(15)18;/h13H,2-12H2,1H3,(H2,20,21,24);. The Morgan fingerprint density at radius 1 is 0.929 bits per heavy atom. The van der Waals surface area contributed by atoms with Gasteiger partial charge in [0.1, 0.15) is 0 Å². The molecule has 28 heavy (non-hydrogen) atoms. The van der Waals surface area contributed by atoms with Gasteiger partial charge in [-0.3, -0.25) is 0 Å². The van der Waals surface area contributed by atoms with Crippen LogP contribution in [0.4, 0.5) is 10.5 Å². The van der Waals surface area contributed by atoms with Gasteiger partial charge in [0.15, 0.2) is 0 Å². The molecule has 2 N–H and O–H groups in total. The Hall–Kier alpha value is -0.00364. The van der Waals surface area contributed by atoms with Crippen molar-refractivity contribution in [3.8, 4) is 0 Å². The molecule has 7 nitrogen and oxygen atoms in total. The molecule has 9 heteroatoms. The Kier molecular flexibility index (Phi) is 7.63. The summed E-state index contributed by atoms with van der Waals surface area (Å²) < 4.78 is 28.9. The minimum absolute atomic E-state index is 0. The number of fused-ring (bicyclic) bond motifs is 2. The van der Waals surface area contributed by atoms with Gasteiger partial charge in [-0.25, -0.2) is 9.52 Å². The number of aryl methyl sites for hydroxylation is 2. The van der Waals surface area contributed by atoms with Gasteiger partial charge in [0, 0.05) is 76.7 Å². The van der Waals surface area contributed by atoms with Gasteiger partial charge in [-0.05, 0) is 80.8 Å². The second kappa shape index (κ2) is 9.43. The van der Waals surface area contributed by atoms with Crippen molar-refractivity contribution < 1.29 is 13.2 Å². The number of rotatable bonds is 3. The summed E-state index contributed by atoms with van der Waals surface area (Å²) in [5, 5.41) is 2.90. The Labute approximate surface area is 210 Å². The van der Waals surface area contributed by atoms with Crippen LogP contribution >= 0.6 is 0 Å². The molecule has 1 saturated heterocycles. The van der Waals surface area contributed by atoms with E-state index < -0.39 is 16.2 Å². The van der Waals surface area contributed by atoms with Crippen LogP contribution in [0, 0.1) is 0 Å². The first-order valence-electron chi connectivity index (χ1n) is 9.88. The van der Waals surface area contributed by atoms with E-state index in [0.29, 0.717) is 19.6 Å². The van der Waals surface area contributed by atoms with Gasteiger partial charge < -0.3 is 10.2 Å². The maximum absolute atomic E-state index is 12.6. The van der Waals surface area contributed by atoms with Crippen LogP contribution in [-0.4, -0.2) is 108 Å². The number of amides is 2. The van der Waals surface area contributed by atoms with Crippen LogP contribution in [0.2, 0.25) is 0 Å². The molecule has 0 atom stereocenters. The molecule has 1 radical (unpaired) electrons. The fourth-order valence-electron chi connectivity index (χ4n) is 4.55. The van der Waals surface area contributed by atoms with Crippen molar-refractivity contribution in [2.75, 3.05) is 38.5 Å². The van der Waals surface area contributed by atoms with E-state index in [9.17, 15) is 13.2 Å². The third-order valence-corrected chi connectivity index (χ3v) is 7.44. The Bertz CT molecular complexity index is 827. The number of hydrogen-bond donors (Lipinski definition) is 2. The van der Waals surface area contributed by atoms with E-state index in [1.807, 2.05) is 7.05 Å². The number of likely N-dealkylation sites (N-methyl/N-ethyl adjacent to an activating group) is 1. The zero-order valence-electron chi connectivity index (χ0n) is 16.9. The monoisotopic (exact) mass is 431 g/mol. The molecular weight excluding hydrogens is 403 g/mol. The summed E-state index contributed by atoms with van der Waals surface area (Å²) >= 11 is 0. The van der Waals surface area contributed by atoms with Crippen LogP contribution in [0.25, 0.3) is 0 Å². The Balaban J connectivity index is 0.00000225. The van der Waals surface area contributed by atoms with E-state index in [1.54, 1.807) is 0 Å². The van der Waals surface area contributed by atoms with Gasteiger partial charge in [-0.2, -0.15) is 12.7 Å². The molecule has 4 rings (SSSR count). The van der Waals surface area contributed by atoms with E-state index in [4.69, 9.17) is 0 Å². The first kappa shape index (κ1) is 22.7. The Morgan fingerprint density at radius 3 is 2.21 bits per heavy atom. The summed E-state index contributed by atoms with van der Waals surface area (Å²) in [5.41, 5.74) is 5.87. The first-order valence-corrected chi connectivity index (χ1v) is 11.3. The quantitative estimate of drug-likeness (QED) is 0.707. The van der Waals surface area contributed by atoms with Crippen LogP contribution in [0.15, 0.2) is 6.07 Å². The van der Waals surface area contributed by atoms with Gasteiger partial charge in [0.05, 0.1) is 0 Å². The van der Waals surface area contributed by atoms with Crippen molar-refractivity contribution in [1.29, 1.82) is 0 Å². The van der Waals surface area contributed by atoms with Gasteiger partial charge in [-0.1, -0.05) is 6.07 Å². The van der Waals surface area contributed by atoms with Crippen molar-refractivity contribution in [1.82, 2.24) is 13.9 Å². The summed E-state index contributed by atoms with van der Waals surface area (Å²) in [5.74, 6) is 0. The molecule has 149 valence electrons. The molecule has 3 aliphatic rings. The smallest absolute Gasteiger partial charge is 0.307 e. The van der Waals surface area contributed by atoms with Crippen molar-refractivity contribution in [3.63, 3.8) is 0 Å². The average molecular weight is 432 g/mol. The molecule has 1 aromatic rings. The molecule has 0 bridgehead atoms. The van der Waals surface area contributed by atoms with Crippen LogP contribution in [0.5, 0.6) is 0 Å². The molecule has 1 heterocycles. The first-order chi connectivity index (χ1) is 12.9. The molecule has 0 saturated carbocycles. The predicted octanol–water partition coefficient (Wildman–Crippen LogP) is 1.29. The summed E-state index contributed by atoms with van der Waals surface area (Å²) in [7, 11) is -1.85. The summed E-state index contributed by atoms with van der Waals surface area (Å²) in [6, 6.07) is 1.64. The number of nitrogens with one attached hydrogen (secondary N) is 2. The molecule has 1 aliphatic heterocycles. The number of carbonyl (C=O) groups excluding carboxylic acids is 1. The fourth-order valence-corrected chi connectivity index (χ4v) is 5.66. The van der Waals surface area contributed by atoms with Crippen LogP contribution in [0.3, 0.4) is 0 Å². The molecule has 0 unspecified atom stereocenters. The van der Waals surface area contributed by atoms with Crippen LogP contribution in [0.1, 0.15) is 41.5 Å². The van der Waals surface area contributed by atoms with E-state index in [2.05, 4.69) is 21.0 Å². The average Bonchev–Trinajstić information content (AvgIpc) is 3.20. The summed E-state index contributed by atoms with van der Waals surface area (Å²) in [6.45, 7) is 2.36. The SMILES string of the molecule is CN1CCCN(S(=O)(=O)NC(=O)Nc2c3c(cc4c2CCC4)CCC3)CC1.[K]. The number of benzene rings is 1. The molecule has 2 aliphatic carbocycles. The van der Waals surface area contributed by atoms with Gasteiger partial charge in [0.25, 0.3) is 0 Å². The third kappa shape index (κ3) is 4.83. The predicted molar refractivity (Wildman–Crippen MR) is 111 cm³/mol. The van der Waals surface area contributed by atoms with E-state index in [-0.39, 0.29) is 51.4 Å². The maximum Gasteiger partial charge on any atom is 0.333 e. The summed E-state index contributed by atoms with van der Waals surface area (Å²) in [6.07, 6.45) is 6.92. The Morgan fingerprint density at radius 2 is 1.57 bits per heavy atom. The van der Waals surface area contributed by atoms with Gasteiger partial charge in [0.2, 0.25) is 0 Å². The van der Waals surface area contributed by atoms with Crippen molar-refractivity contribution in [3.05, 3.63) is 28.3 Å². The molecule has 0 aromatic heterocycles. The van der Waals surface area contributed by atoms with Crippen LogP contribution < -0.4 is 10.0 Å². The van der Waals surface area contributed by atoms with E-state index >= 15 is 0 Å². The molecule has 2 amide bonds. The fraction of sp³-hybridized carbons (Fsp3) is 0.632. The van der Waals surface area contributed by atoms with Crippen molar-refractivity contribution in [2.24, 2.45) is 0 Å². The normalized spacial score (nSPS) is 20.0. The second-order valence-corrected chi connectivity index (χ2v) is 9.52. The largest absolute Gasteiger partial charge is 0.333 e. The maximum atomic E-state index is 12.6. The molecule has 1 fully saturated rings.